The maximum atomic E-state index is 11.8. The second-order valence-corrected chi connectivity index (χ2v) is 7.28. The van der Waals surface area contributed by atoms with Crippen LogP contribution in [0.4, 0.5) is 5.69 Å². The average molecular weight is 436 g/mol. The third-order valence-corrected chi connectivity index (χ3v) is 5.06. The zero-order valence-corrected chi connectivity index (χ0v) is 17.7. The van der Waals surface area contributed by atoms with Crippen LogP contribution in [0.2, 0.25) is 0 Å². The van der Waals surface area contributed by atoms with E-state index in [1.807, 2.05) is 25.1 Å². The van der Waals surface area contributed by atoms with Gasteiger partial charge in [0.2, 0.25) is 0 Å². The number of benzene rings is 2. The van der Waals surface area contributed by atoms with Gasteiger partial charge in [0.1, 0.15) is 23.3 Å². The van der Waals surface area contributed by atoms with E-state index < -0.39 is 12.1 Å². The number of aliphatic hydroxyl groups is 1. The van der Waals surface area contributed by atoms with Gasteiger partial charge in [0.05, 0.1) is 18.0 Å². The minimum Gasteiger partial charge on any atom is -0.493 e. The number of ether oxygens (including phenoxy) is 1. The van der Waals surface area contributed by atoms with Gasteiger partial charge in [0.25, 0.3) is 0 Å². The van der Waals surface area contributed by atoms with Crippen molar-refractivity contribution < 1.29 is 24.2 Å². The molecule has 1 aliphatic heterocycles. The van der Waals surface area contributed by atoms with Crippen molar-refractivity contribution >= 4 is 11.7 Å². The Labute approximate surface area is 184 Å². The predicted molar refractivity (Wildman–Crippen MR) is 116 cm³/mol. The Kier molecular flexibility index (Phi) is 6.11. The fourth-order valence-electron chi connectivity index (χ4n) is 3.55. The largest absolute Gasteiger partial charge is 0.493 e. The van der Waals surface area contributed by atoms with Crippen LogP contribution < -0.4 is 20.7 Å². The third-order valence-electron chi connectivity index (χ3n) is 5.06. The number of oxazole rings is 1. The summed E-state index contributed by atoms with van der Waals surface area (Å²) in [6.07, 6.45) is -0.632. The number of carbonyl (C=O) groups is 1. The van der Waals surface area contributed by atoms with Crippen LogP contribution in [-0.2, 0) is 11.2 Å². The summed E-state index contributed by atoms with van der Waals surface area (Å²) in [4.78, 5) is 16.1. The summed E-state index contributed by atoms with van der Waals surface area (Å²) in [5, 5.41) is 22.2. The molecule has 1 aliphatic rings. The van der Waals surface area contributed by atoms with E-state index in [-0.39, 0.29) is 11.4 Å². The van der Waals surface area contributed by atoms with Crippen molar-refractivity contribution in [3.05, 3.63) is 88.9 Å². The molecule has 1 aromatic heterocycles. The standard InChI is InChI=1S/C23H24N4O5/c1-14-19(24-15(2)32-14)11-12-31-18-10-6-7-16(13-18)22(28)21-20(23(29)30)25-26-27(21)17-8-4-3-5-9-17/h3-10,13,22,25-26,28H,11-12H2,1-2H3,(H,29,30). The first-order valence-electron chi connectivity index (χ1n) is 10.1. The monoisotopic (exact) mass is 436 g/mol. The van der Waals surface area contributed by atoms with E-state index in [0.29, 0.717) is 35.9 Å². The Morgan fingerprint density at radius 1 is 1.19 bits per heavy atom. The van der Waals surface area contributed by atoms with E-state index in [4.69, 9.17) is 9.15 Å². The first-order chi connectivity index (χ1) is 15.4. The number of aromatic nitrogens is 1. The molecule has 0 aliphatic carbocycles. The average Bonchev–Trinajstić information content (AvgIpc) is 3.37. The number of nitrogens with one attached hydrogen (secondary N) is 2. The molecular weight excluding hydrogens is 412 g/mol. The van der Waals surface area contributed by atoms with Crippen LogP contribution in [0.5, 0.6) is 5.75 Å². The molecule has 2 aromatic carbocycles. The lowest BCUT2D eigenvalue weighted by molar-refractivity contribution is -0.133. The molecule has 32 heavy (non-hydrogen) atoms. The van der Waals surface area contributed by atoms with E-state index in [1.54, 1.807) is 43.3 Å². The van der Waals surface area contributed by atoms with Gasteiger partial charge in [-0.3, -0.25) is 10.4 Å². The third kappa shape index (κ3) is 4.43. The minimum atomic E-state index is -1.22. The summed E-state index contributed by atoms with van der Waals surface area (Å²) in [6.45, 7) is 4.05. The molecular formula is C23H24N4O5. The number of para-hydroxylation sites is 1. The van der Waals surface area contributed by atoms with Crippen molar-refractivity contribution in [2.75, 3.05) is 11.6 Å². The number of hydrazine groups is 2. The van der Waals surface area contributed by atoms with Crippen LogP contribution >= 0.6 is 0 Å². The highest BCUT2D eigenvalue weighted by Gasteiger charge is 2.33. The maximum absolute atomic E-state index is 11.8. The van der Waals surface area contributed by atoms with Gasteiger partial charge < -0.3 is 19.4 Å². The summed E-state index contributed by atoms with van der Waals surface area (Å²) in [5.74, 6) is 0.760. The van der Waals surface area contributed by atoms with Gasteiger partial charge >= 0.3 is 5.97 Å². The lowest BCUT2D eigenvalue weighted by atomic mass is 10.0. The topological polar surface area (TPSA) is 120 Å². The molecule has 2 heterocycles. The number of hydrogen-bond acceptors (Lipinski definition) is 8. The van der Waals surface area contributed by atoms with Crippen molar-refractivity contribution in [2.24, 2.45) is 0 Å². The van der Waals surface area contributed by atoms with Crippen LogP contribution in [0.1, 0.15) is 29.0 Å². The van der Waals surface area contributed by atoms with Crippen molar-refractivity contribution in [3.63, 3.8) is 0 Å². The van der Waals surface area contributed by atoms with E-state index in [9.17, 15) is 15.0 Å². The molecule has 0 amide bonds. The van der Waals surface area contributed by atoms with Gasteiger partial charge in [-0.2, -0.15) is 0 Å². The molecule has 1 atom stereocenters. The lowest BCUT2D eigenvalue weighted by Crippen LogP contribution is -2.39. The highest BCUT2D eigenvalue weighted by Crippen LogP contribution is 2.33. The molecule has 9 heteroatoms. The number of hydrogen-bond donors (Lipinski definition) is 4. The number of aliphatic hydroxyl groups excluding tert-OH is 1. The first kappa shape index (κ1) is 21.4. The summed E-state index contributed by atoms with van der Waals surface area (Å²) in [6, 6.07) is 16.1. The Bertz CT molecular complexity index is 1140. The second kappa shape index (κ2) is 9.13. The number of carboxylic acids is 1. The zero-order valence-electron chi connectivity index (χ0n) is 17.7. The molecule has 166 valence electrons. The molecule has 0 saturated carbocycles. The number of aryl methyl sites for hydroxylation is 2. The molecule has 3 aromatic rings. The van der Waals surface area contributed by atoms with Crippen molar-refractivity contribution in [1.82, 2.24) is 15.9 Å². The highest BCUT2D eigenvalue weighted by molar-refractivity contribution is 5.89. The Hall–Kier alpha value is -3.82. The number of nitrogens with zero attached hydrogens (tertiary/aromatic N) is 2. The zero-order chi connectivity index (χ0) is 22.7. The number of rotatable bonds is 8. The van der Waals surface area contributed by atoms with Crippen molar-refractivity contribution in [2.45, 2.75) is 26.4 Å². The summed E-state index contributed by atoms with van der Waals surface area (Å²) >= 11 is 0. The number of anilines is 1. The van der Waals surface area contributed by atoms with Crippen LogP contribution in [0.25, 0.3) is 0 Å². The van der Waals surface area contributed by atoms with E-state index in [1.165, 1.54) is 5.01 Å². The molecule has 4 rings (SSSR count). The summed E-state index contributed by atoms with van der Waals surface area (Å²) < 4.78 is 11.3. The number of aliphatic carboxylic acids is 1. The Morgan fingerprint density at radius 3 is 2.66 bits per heavy atom. The Balaban J connectivity index is 1.53. The molecule has 9 nitrogen and oxygen atoms in total. The van der Waals surface area contributed by atoms with Crippen LogP contribution in [0, 0.1) is 13.8 Å². The Morgan fingerprint density at radius 2 is 1.97 bits per heavy atom. The fourth-order valence-corrected chi connectivity index (χ4v) is 3.55. The van der Waals surface area contributed by atoms with Gasteiger partial charge in [-0.1, -0.05) is 30.3 Å². The fraction of sp³-hybridized carbons (Fsp3) is 0.217. The van der Waals surface area contributed by atoms with Gasteiger partial charge in [-0.15, -0.1) is 5.53 Å². The summed E-state index contributed by atoms with van der Waals surface area (Å²) in [7, 11) is 0. The molecule has 0 saturated heterocycles. The smallest absolute Gasteiger partial charge is 0.355 e. The van der Waals surface area contributed by atoms with Crippen LogP contribution in [0.15, 0.2) is 70.4 Å². The van der Waals surface area contributed by atoms with Crippen molar-refractivity contribution in [3.8, 4) is 5.75 Å². The van der Waals surface area contributed by atoms with Crippen molar-refractivity contribution in [1.29, 1.82) is 0 Å². The molecule has 0 bridgehead atoms. The SMILES string of the molecule is Cc1nc(CCOc2cccc(C(O)C3=C(C(=O)O)NNN3c3ccccc3)c2)c(C)o1. The predicted octanol–water partition coefficient (Wildman–Crippen LogP) is 2.77. The minimum absolute atomic E-state index is 0.135. The molecule has 4 N–H and O–H groups in total. The van der Waals surface area contributed by atoms with Gasteiger partial charge in [-0.05, 0) is 36.8 Å². The molecule has 0 fully saturated rings. The van der Waals surface area contributed by atoms with Gasteiger partial charge in [0.15, 0.2) is 11.6 Å². The van der Waals surface area contributed by atoms with E-state index in [0.717, 1.165) is 11.5 Å². The lowest BCUT2D eigenvalue weighted by Gasteiger charge is -2.24. The first-order valence-corrected chi connectivity index (χ1v) is 10.1. The summed E-state index contributed by atoms with van der Waals surface area (Å²) in [5.41, 5.74) is 7.49. The maximum Gasteiger partial charge on any atom is 0.355 e. The van der Waals surface area contributed by atoms with E-state index in [2.05, 4.69) is 15.9 Å². The normalized spacial score (nSPS) is 14.4. The van der Waals surface area contributed by atoms with Gasteiger partial charge in [-0.25, -0.2) is 9.78 Å². The quantitative estimate of drug-likeness (QED) is 0.422. The number of carboxylic acid groups (broad SMARTS) is 1. The van der Waals surface area contributed by atoms with Crippen LogP contribution in [-0.4, -0.2) is 27.8 Å². The molecule has 0 spiro atoms. The second-order valence-electron chi connectivity index (χ2n) is 7.28. The van der Waals surface area contributed by atoms with Crippen LogP contribution in [0.3, 0.4) is 0 Å². The highest BCUT2D eigenvalue weighted by atomic mass is 16.5. The molecule has 0 radical (unpaired) electrons. The van der Waals surface area contributed by atoms with E-state index >= 15 is 0 Å². The van der Waals surface area contributed by atoms with Gasteiger partial charge in [0, 0.05) is 13.3 Å². The molecule has 1 unspecified atom stereocenters.